The van der Waals surface area contributed by atoms with Gasteiger partial charge in [-0.15, -0.1) is 0 Å². The summed E-state index contributed by atoms with van der Waals surface area (Å²) in [5.74, 6) is -0.104. The van der Waals surface area contributed by atoms with Gasteiger partial charge in [-0.2, -0.15) is 0 Å². The molecule has 4 heteroatoms. The summed E-state index contributed by atoms with van der Waals surface area (Å²) in [6, 6.07) is 17.5. The van der Waals surface area contributed by atoms with E-state index in [9.17, 15) is 4.79 Å². The number of hydrogen-bond donors (Lipinski definition) is 1. The first kappa shape index (κ1) is 15.0. The topological polar surface area (TPSA) is 46.9 Å². The molecule has 1 N–H and O–H groups in total. The smallest absolute Gasteiger partial charge is 0.268 e. The first-order valence-corrected chi connectivity index (χ1v) is 7.59. The van der Waals surface area contributed by atoms with Gasteiger partial charge in [0.25, 0.3) is 5.91 Å². The normalized spacial score (nSPS) is 11.9. The largest absolute Gasteiger partial charge is 0.346 e. The Morgan fingerprint density at radius 3 is 2.52 bits per heavy atom. The standard InChI is InChI=1S/C19H19N3O/c1-14(17-10-6-7-11-20-17)21-19(23)18-12-16(13-22(18)2)15-8-4-3-5-9-15/h3-14H,1-2H3,(H,21,23)/t14-/m1/s1. The van der Waals surface area contributed by atoms with Crippen LogP contribution in [-0.4, -0.2) is 15.5 Å². The number of hydrogen-bond acceptors (Lipinski definition) is 2. The summed E-state index contributed by atoms with van der Waals surface area (Å²) in [7, 11) is 1.88. The molecule has 4 nitrogen and oxygen atoms in total. The van der Waals surface area contributed by atoms with Gasteiger partial charge >= 0.3 is 0 Å². The second-order valence-corrected chi connectivity index (χ2v) is 5.54. The number of aromatic nitrogens is 2. The Kier molecular flexibility index (Phi) is 4.24. The van der Waals surface area contributed by atoms with Gasteiger partial charge in [-0.1, -0.05) is 36.4 Å². The molecular formula is C19H19N3O. The van der Waals surface area contributed by atoms with Crippen molar-refractivity contribution >= 4 is 5.91 Å². The van der Waals surface area contributed by atoms with E-state index < -0.39 is 0 Å². The number of aryl methyl sites for hydroxylation is 1. The Labute approximate surface area is 135 Å². The SMILES string of the molecule is C[C@@H](NC(=O)c1cc(-c2ccccc2)cn1C)c1ccccn1. The van der Waals surface area contributed by atoms with Crippen LogP contribution in [0.3, 0.4) is 0 Å². The summed E-state index contributed by atoms with van der Waals surface area (Å²) in [6.45, 7) is 1.93. The lowest BCUT2D eigenvalue weighted by Crippen LogP contribution is -2.28. The van der Waals surface area contributed by atoms with E-state index in [2.05, 4.69) is 10.3 Å². The van der Waals surface area contributed by atoms with Gasteiger partial charge in [-0.05, 0) is 30.7 Å². The van der Waals surface area contributed by atoms with E-state index in [0.717, 1.165) is 16.8 Å². The summed E-state index contributed by atoms with van der Waals surface area (Å²) in [5, 5.41) is 3.00. The number of carbonyl (C=O) groups excluding carboxylic acids is 1. The van der Waals surface area contributed by atoms with Gasteiger partial charge in [-0.3, -0.25) is 9.78 Å². The van der Waals surface area contributed by atoms with Crippen LogP contribution in [0.2, 0.25) is 0 Å². The number of nitrogens with zero attached hydrogens (tertiary/aromatic N) is 2. The number of rotatable bonds is 4. The van der Waals surface area contributed by atoms with Crippen LogP contribution in [0.5, 0.6) is 0 Å². The van der Waals surface area contributed by atoms with Crippen LogP contribution < -0.4 is 5.32 Å². The summed E-state index contributed by atoms with van der Waals surface area (Å²) in [4.78, 5) is 16.8. The minimum Gasteiger partial charge on any atom is -0.346 e. The van der Waals surface area contributed by atoms with Crippen LogP contribution >= 0.6 is 0 Å². The van der Waals surface area contributed by atoms with Crippen LogP contribution in [0.25, 0.3) is 11.1 Å². The molecule has 3 aromatic rings. The highest BCUT2D eigenvalue weighted by atomic mass is 16.2. The predicted octanol–water partition coefficient (Wildman–Crippen LogP) is 3.58. The van der Waals surface area contributed by atoms with E-state index in [4.69, 9.17) is 0 Å². The highest BCUT2D eigenvalue weighted by Crippen LogP contribution is 2.21. The molecule has 0 aliphatic rings. The number of carbonyl (C=O) groups is 1. The fraction of sp³-hybridized carbons (Fsp3) is 0.158. The quantitative estimate of drug-likeness (QED) is 0.801. The molecule has 0 saturated heterocycles. The van der Waals surface area contributed by atoms with E-state index in [1.165, 1.54) is 0 Å². The van der Waals surface area contributed by atoms with Crippen molar-refractivity contribution in [2.45, 2.75) is 13.0 Å². The second kappa shape index (κ2) is 6.48. The molecule has 0 spiro atoms. The molecule has 0 saturated carbocycles. The van der Waals surface area contributed by atoms with E-state index in [1.807, 2.05) is 79.3 Å². The molecule has 1 amide bonds. The molecule has 2 heterocycles. The van der Waals surface area contributed by atoms with Gasteiger partial charge in [0.15, 0.2) is 0 Å². The number of amides is 1. The Hall–Kier alpha value is -2.88. The molecule has 0 radical (unpaired) electrons. The predicted molar refractivity (Wildman–Crippen MR) is 91.0 cm³/mol. The molecule has 3 rings (SSSR count). The van der Waals surface area contributed by atoms with Crippen molar-refractivity contribution < 1.29 is 4.79 Å². The van der Waals surface area contributed by atoms with Crippen LogP contribution in [0.15, 0.2) is 67.0 Å². The monoisotopic (exact) mass is 305 g/mol. The maximum atomic E-state index is 12.5. The molecule has 23 heavy (non-hydrogen) atoms. The second-order valence-electron chi connectivity index (χ2n) is 5.54. The molecule has 0 unspecified atom stereocenters. The fourth-order valence-electron chi connectivity index (χ4n) is 2.56. The van der Waals surface area contributed by atoms with Gasteiger partial charge in [0, 0.05) is 25.0 Å². The Morgan fingerprint density at radius 2 is 1.83 bits per heavy atom. The first-order valence-electron chi connectivity index (χ1n) is 7.59. The van der Waals surface area contributed by atoms with Crippen molar-refractivity contribution in [1.29, 1.82) is 0 Å². The van der Waals surface area contributed by atoms with Crippen molar-refractivity contribution in [3.63, 3.8) is 0 Å². The average molecular weight is 305 g/mol. The van der Waals surface area contributed by atoms with Crippen molar-refractivity contribution in [3.05, 3.63) is 78.4 Å². The van der Waals surface area contributed by atoms with Gasteiger partial charge in [0.05, 0.1) is 11.7 Å². The van der Waals surface area contributed by atoms with Gasteiger partial charge in [-0.25, -0.2) is 0 Å². The van der Waals surface area contributed by atoms with Crippen LogP contribution in [0, 0.1) is 0 Å². The van der Waals surface area contributed by atoms with Crippen LogP contribution in [0.4, 0.5) is 0 Å². The van der Waals surface area contributed by atoms with Crippen molar-refractivity contribution in [2.24, 2.45) is 7.05 Å². The average Bonchev–Trinajstić information content (AvgIpc) is 2.98. The fourth-order valence-corrected chi connectivity index (χ4v) is 2.56. The minimum atomic E-state index is -0.140. The summed E-state index contributed by atoms with van der Waals surface area (Å²) in [5.41, 5.74) is 3.61. The molecule has 0 bridgehead atoms. The highest BCUT2D eigenvalue weighted by Gasteiger charge is 2.16. The van der Waals surface area contributed by atoms with Crippen LogP contribution in [0.1, 0.15) is 29.1 Å². The lowest BCUT2D eigenvalue weighted by Gasteiger charge is -2.13. The van der Waals surface area contributed by atoms with E-state index in [-0.39, 0.29) is 11.9 Å². The van der Waals surface area contributed by atoms with E-state index >= 15 is 0 Å². The molecule has 2 aromatic heterocycles. The number of benzene rings is 1. The van der Waals surface area contributed by atoms with Crippen molar-refractivity contribution in [3.8, 4) is 11.1 Å². The lowest BCUT2D eigenvalue weighted by atomic mass is 10.1. The Bertz CT molecular complexity index is 794. The molecular weight excluding hydrogens is 286 g/mol. The maximum Gasteiger partial charge on any atom is 0.268 e. The van der Waals surface area contributed by atoms with Gasteiger partial charge in [0.1, 0.15) is 5.69 Å². The van der Waals surface area contributed by atoms with Crippen molar-refractivity contribution in [1.82, 2.24) is 14.9 Å². The minimum absolute atomic E-state index is 0.104. The molecule has 1 aromatic carbocycles. The highest BCUT2D eigenvalue weighted by molar-refractivity contribution is 5.94. The van der Waals surface area contributed by atoms with E-state index in [0.29, 0.717) is 5.69 Å². The summed E-state index contributed by atoms with van der Waals surface area (Å²) in [6.07, 6.45) is 3.70. The molecule has 116 valence electrons. The zero-order chi connectivity index (χ0) is 16.2. The molecule has 0 fully saturated rings. The van der Waals surface area contributed by atoms with Crippen molar-refractivity contribution in [2.75, 3.05) is 0 Å². The Morgan fingerprint density at radius 1 is 1.09 bits per heavy atom. The number of nitrogens with one attached hydrogen (secondary N) is 1. The van der Waals surface area contributed by atoms with Gasteiger partial charge < -0.3 is 9.88 Å². The van der Waals surface area contributed by atoms with Crippen LogP contribution in [-0.2, 0) is 7.05 Å². The zero-order valence-electron chi connectivity index (χ0n) is 13.2. The first-order chi connectivity index (χ1) is 11.1. The number of pyridine rings is 1. The maximum absolute atomic E-state index is 12.5. The lowest BCUT2D eigenvalue weighted by molar-refractivity contribution is 0.0931. The zero-order valence-corrected chi connectivity index (χ0v) is 13.2. The molecule has 0 aliphatic carbocycles. The molecule has 1 atom stereocenters. The van der Waals surface area contributed by atoms with E-state index in [1.54, 1.807) is 6.20 Å². The molecule has 0 aliphatic heterocycles. The third-order valence-corrected chi connectivity index (χ3v) is 3.82. The third-order valence-electron chi connectivity index (χ3n) is 3.82. The summed E-state index contributed by atoms with van der Waals surface area (Å²) < 4.78 is 1.85. The third kappa shape index (κ3) is 3.31. The Balaban J connectivity index is 1.79. The van der Waals surface area contributed by atoms with Gasteiger partial charge in [0.2, 0.25) is 0 Å². The summed E-state index contributed by atoms with van der Waals surface area (Å²) >= 11 is 0.